The Morgan fingerprint density at radius 1 is 1.47 bits per heavy atom. The molecule has 2 aromatic rings. The molecule has 0 aliphatic heterocycles. The monoisotopic (exact) mass is 223 g/mol. The van der Waals surface area contributed by atoms with E-state index in [1.165, 1.54) is 0 Å². The van der Waals surface area contributed by atoms with Crippen molar-refractivity contribution in [3.8, 4) is 5.88 Å². The lowest BCUT2D eigenvalue weighted by Crippen LogP contribution is -2.02. The summed E-state index contributed by atoms with van der Waals surface area (Å²) in [6, 6.07) is 1.99. The highest BCUT2D eigenvalue weighted by molar-refractivity contribution is 7.16. The van der Waals surface area contributed by atoms with Crippen molar-refractivity contribution < 1.29 is 4.74 Å². The van der Waals surface area contributed by atoms with Crippen LogP contribution in [0.4, 0.5) is 5.95 Å². The molecule has 0 aromatic carbocycles. The standard InChI is InChI=1S/C10H13N3OS/c1-3-5-14-8-7-4-6-15-9(7)13-10(11-2)12-8/h4,6H,3,5H2,1-2H3,(H,11,12,13). The lowest BCUT2D eigenvalue weighted by atomic mass is 10.4. The van der Waals surface area contributed by atoms with Gasteiger partial charge < -0.3 is 10.1 Å². The van der Waals surface area contributed by atoms with Gasteiger partial charge in [0.25, 0.3) is 0 Å². The van der Waals surface area contributed by atoms with E-state index in [-0.39, 0.29) is 0 Å². The number of hydrogen-bond acceptors (Lipinski definition) is 5. The fraction of sp³-hybridized carbons (Fsp3) is 0.400. The zero-order valence-corrected chi connectivity index (χ0v) is 9.60. The molecule has 2 rings (SSSR count). The summed E-state index contributed by atoms with van der Waals surface area (Å²) < 4.78 is 5.58. The van der Waals surface area contributed by atoms with Crippen molar-refractivity contribution in [1.29, 1.82) is 0 Å². The van der Waals surface area contributed by atoms with Crippen LogP contribution in [0.25, 0.3) is 10.2 Å². The minimum absolute atomic E-state index is 0.607. The second-order valence-corrected chi connectivity index (χ2v) is 3.98. The van der Waals surface area contributed by atoms with Gasteiger partial charge in [-0.25, -0.2) is 4.98 Å². The zero-order chi connectivity index (χ0) is 10.7. The molecule has 2 aromatic heterocycles. The van der Waals surface area contributed by atoms with Gasteiger partial charge in [0.1, 0.15) is 4.83 Å². The molecule has 2 heterocycles. The first-order valence-corrected chi connectivity index (χ1v) is 5.79. The van der Waals surface area contributed by atoms with Crippen molar-refractivity contribution in [2.75, 3.05) is 19.0 Å². The summed E-state index contributed by atoms with van der Waals surface area (Å²) in [5.41, 5.74) is 0. The highest BCUT2D eigenvalue weighted by Gasteiger charge is 2.08. The first-order valence-electron chi connectivity index (χ1n) is 4.91. The second-order valence-electron chi connectivity index (χ2n) is 3.09. The zero-order valence-electron chi connectivity index (χ0n) is 8.78. The third-order valence-electron chi connectivity index (χ3n) is 1.96. The topological polar surface area (TPSA) is 47.0 Å². The Morgan fingerprint density at radius 2 is 2.33 bits per heavy atom. The van der Waals surface area contributed by atoms with Crippen LogP contribution in [-0.4, -0.2) is 23.6 Å². The SMILES string of the molecule is CCCOc1nc(NC)nc2sccc12. The molecule has 4 nitrogen and oxygen atoms in total. The van der Waals surface area contributed by atoms with Crippen molar-refractivity contribution in [2.45, 2.75) is 13.3 Å². The maximum Gasteiger partial charge on any atom is 0.227 e. The summed E-state index contributed by atoms with van der Waals surface area (Å²) in [6.45, 7) is 2.76. The molecule has 15 heavy (non-hydrogen) atoms. The number of nitrogens with zero attached hydrogens (tertiary/aromatic N) is 2. The number of hydrogen-bond donors (Lipinski definition) is 1. The van der Waals surface area contributed by atoms with Crippen LogP contribution < -0.4 is 10.1 Å². The van der Waals surface area contributed by atoms with E-state index in [2.05, 4.69) is 22.2 Å². The van der Waals surface area contributed by atoms with Gasteiger partial charge >= 0.3 is 0 Å². The molecule has 0 fully saturated rings. The van der Waals surface area contributed by atoms with E-state index in [9.17, 15) is 0 Å². The lowest BCUT2D eigenvalue weighted by Gasteiger charge is -2.06. The van der Waals surface area contributed by atoms with Crippen molar-refractivity contribution in [3.05, 3.63) is 11.4 Å². The molecule has 0 aliphatic carbocycles. The van der Waals surface area contributed by atoms with Crippen LogP contribution in [0.5, 0.6) is 5.88 Å². The number of ether oxygens (including phenoxy) is 1. The summed E-state index contributed by atoms with van der Waals surface area (Å²) in [5.74, 6) is 1.28. The van der Waals surface area contributed by atoms with Gasteiger partial charge in [-0.15, -0.1) is 11.3 Å². The second kappa shape index (κ2) is 4.44. The van der Waals surface area contributed by atoms with Gasteiger partial charge in [0.05, 0.1) is 12.0 Å². The van der Waals surface area contributed by atoms with E-state index >= 15 is 0 Å². The lowest BCUT2D eigenvalue weighted by molar-refractivity contribution is 0.309. The van der Waals surface area contributed by atoms with Crippen LogP contribution in [0.3, 0.4) is 0 Å². The van der Waals surface area contributed by atoms with Crippen molar-refractivity contribution in [1.82, 2.24) is 9.97 Å². The van der Waals surface area contributed by atoms with Crippen LogP contribution in [0.15, 0.2) is 11.4 Å². The van der Waals surface area contributed by atoms with Crippen molar-refractivity contribution in [2.24, 2.45) is 0 Å². The Bertz CT molecular complexity index is 455. The minimum Gasteiger partial charge on any atom is -0.477 e. The molecular weight excluding hydrogens is 210 g/mol. The Kier molecular flexibility index (Phi) is 3.01. The molecule has 0 bridgehead atoms. The molecule has 0 saturated carbocycles. The summed E-state index contributed by atoms with van der Waals surface area (Å²) in [7, 11) is 1.80. The smallest absolute Gasteiger partial charge is 0.227 e. The van der Waals surface area contributed by atoms with Gasteiger partial charge in [-0.1, -0.05) is 6.92 Å². The number of fused-ring (bicyclic) bond motifs is 1. The average molecular weight is 223 g/mol. The molecule has 0 radical (unpaired) electrons. The van der Waals surface area contributed by atoms with E-state index < -0.39 is 0 Å². The average Bonchev–Trinajstić information content (AvgIpc) is 2.73. The van der Waals surface area contributed by atoms with E-state index in [1.807, 2.05) is 11.4 Å². The van der Waals surface area contributed by atoms with Gasteiger partial charge in [0, 0.05) is 7.05 Å². The van der Waals surface area contributed by atoms with Gasteiger partial charge in [0.2, 0.25) is 11.8 Å². The third kappa shape index (κ3) is 2.02. The molecule has 0 aliphatic rings. The van der Waals surface area contributed by atoms with Gasteiger partial charge in [-0.3, -0.25) is 0 Å². The summed E-state index contributed by atoms with van der Waals surface area (Å²) in [5, 5.41) is 5.92. The molecular formula is C10H13N3OS. The molecule has 80 valence electrons. The Hall–Kier alpha value is -1.36. The summed E-state index contributed by atoms with van der Waals surface area (Å²) in [4.78, 5) is 9.59. The Morgan fingerprint density at radius 3 is 3.07 bits per heavy atom. The molecule has 5 heteroatoms. The normalized spacial score (nSPS) is 10.5. The fourth-order valence-electron chi connectivity index (χ4n) is 1.25. The minimum atomic E-state index is 0.607. The Labute approximate surface area is 92.3 Å². The van der Waals surface area contributed by atoms with E-state index in [0.29, 0.717) is 18.4 Å². The first kappa shape index (κ1) is 10.2. The fourth-order valence-corrected chi connectivity index (χ4v) is 2.00. The number of aromatic nitrogens is 2. The van der Waals surface area contributed by atoms with E-state index in [1.54, 1.807) is 18.4 Å². The van der Waals surface area contributed by atoms with Gasteiger partial charge in [0.15, 0.2) is 0 Å². The number of thiophene rings is 1. The highest BCUT2D eigenvalue weighted by atomic mass is 32.1. The van der Waals surface area contributed by atoms with Crippen LogP contribution in [-0.2, 0) is 0 Å². The predicted molar refractivity (Wildman–Crippen MR) is 62.7 cm³/mol. The largest absolute Gasteiger partial charge is 0.477 e. The molecule has 0 spiro atoms. The van der Waals surface area contributed by atoms with Gasteiger partial charge in [-0.05, 0) is 17.9 Å². The highest BCUT2D eigenvalue weighted by Crippen LogP contribution is 2.27. The van der Waals surface area contributed by atoms with Crippen LogP contribution in [0.1, 0.15) is 13.3 Å². The van der Waals surface area contributed by atoms with Crippen molar-refractivity contribution in [3.63, 3.8) is 0 Å². The molecule has 1 N–H and O–H groups in total. The maximum atomic E-state index is 5.58. The predicted octanol–water partition coefficient (Wildman–Crippen LogP) is 2.52. The molecule has 0 saturated heterocycles. The number of nitrogens with one attached hydrogen (secondary N) is 1. The van der Waals surface area contributed by atoms with Crippen LogP contribution >= 0.6 is 11.3 Å². The number of rotatable bonds is 4. The Balaban J connectivity index is 2.43. The van der Waals surface area contributed by atoms with Crippen LogP contribution in [0.2, 0.25) is 0 Å². The van der Waals surface area contributed by atoms with Gasteiger partial charge in [-0.2, -0.15) is 4.98 Å². The maximum absolute atomic E-state index is 5.58. The molecule has 0 atom stereocenters. The molecule has 0 amide bonds. The summed E-state index contributed by atoms with van der Waals surface area (Å²) in [6.07, 6.45) is 0.977. The quantitative estimate of drug-likeness (QED) is 0.865. The number of anilines is 1. The van der Waals surface area contributed by atoms with Crippen molar-refractivity contribution >= 4 is 27.5 Å². The third-order valence-corrected chi connectivity index (χ3v) is 2.76. The summed E-state index contributed by atoms with van der Waals surface area (Å²) >= 11 is 1.59. The van der Waals surface area contributed by atoms with E-state index in [4.69, 9.17) is 4.74 Å². The van der Waals surface area contributed by atoms with Crippen LogP contribution in [0, 0.1) is 0 Å². The molecule has 0 unspecified atom stereocenters. The van der Waals surface area contributed by atoms with E-state index in [0.717, 1.165) is 16.6 Å². The first-order chi connectivity index (χ1) is 7.35.